The van der Waals surface area contributed by atoms with E-state index in [1.807, 2.05) is 0 Å². The van der Waals surface area contributed by atoms with Crippen LogP contribution in [-0.2, 0) is 61.6 Å². The van der Waals surface area contributed by atoms with Gasteiger partial charge in [-0.15, -0.1) is 0 Å². The van der Waals surface area contributed by atoms with E-state index in [1.165, 1.54) is 161 Å². The van der Waals surface area contributed by atoms with Crippen molar-refractivity contribution in [2.75, 3.05) is 172 Å². The highest BCUT2D eigenvalue weighted by Crippen LogP contribution is 2.30. The first-order chi connectivity index (χ1) is 39.6. The van der Waals surface area contributed by atoms with Gasteiger partial charge in [0.1, 0.15) is 0 Å². The van der Waals surface area contributed by atoms with Crippen LogP contribution in [0.2, 0.25) is 0 Å². The Hall–Kier alpha value is -0.520. The molecule has 0 aromatic carbocycles. The topological polar surface area (TPSA) is 120 Å². The van der Waals surface area contributed by atoms with E-state index in [2.05, 4.69) is 76.2 Å². The minimum atomic E-state index is 0.302. The van der Waals surface area contributed by atoms with Crippen LogP contribution in [0.25, 0.3) is 0 Å². The van der Waals surface area contributed by atoms with Crippen LogP contribution in [0.5, 0.6) is 0 Å². The fourth-order valence-corrected chi connectivity index (χ4v) is 9.47. The van der Waals surface area contributed by atoms with Gasteiger partial charge in [0.2, 0.25) is 0 Å². The second kappa shape index (κ2) is 51.4. The van der Waals surface area contributed by atoms with Gasteiger partial charge in [0.25, 0.3) is 0 Å². The largest absolute Gasteiger partial charge is 0.385 e. The highest BCUT2D eigenvalue weighted by molar-refractivity contribution is 4.83. The number of hydrogen-bond donors (Lipinski definition) is 0. The predicted octanol–water partition coefficient (Wildman–Crippen LogP) is 16.1. The van der Waals surface area contributed by atoms with Crippen LogP contribution < -0.4 is 0 Å². The Morgan fingerprint density at radius 1 is 0.220 bits per heavy atom. The molecular weight excluding hydrogens is 1040 g/mol. The molecule has 0 aromatic rings. The lowest BCUT2D eigenvalue weighted by atomic mass is 9.90. The molecule has 0 unspecified atom stereocenters. The minimum absolute atomic E-state index is 0.302. The fraction of sp³-hybridized carbons (Fsp3) is 1.00. The summed E-state index contributed by atoms with van der Waals surface area (Å²) >= 11 is 0. The summed E-state index contributed by atoms with van der Waals surface area (Å²) in [5, 5.41) is 0. The molecular formula is C69H138O13. The standard InChI is InChI=1S/C14H28O2.C13H26O2.C12H24O3.C12H24O2.C10H20O2.C8H16O2/c1-3-4-5-6-7-8-9-10-15-11-14(2)12-16-13-14;1-3-4-5-6-7-8-9-14-10-13(2)11-15-12-13;1-12(10-15-11-12)9-14-8-6-4-3-5-7-13-2;1-3-4-5-6-7-8-13-9-12(2)10-14-11-12;1-3-4-5-6-11-7-10(2)8-12-9-10;1-3-4-9-5-8(2)6-10-7-8/h3-13H2,1-2H3;3-12H2,1-2H3;3-11H2,1-2H3;3-11H2,1-2H3;3-9H2,1-2H3;3-7H2,1-2H3. The van der Waals surface area contributed by atoms with Crippen molar-refractivity contribution in [1.82, 2.24) is 0 Å². The Morgan fingerprint density at radius 3 is 0.573 bits per heavy atom. The van der Waals surface area contributed by atoms with Gasteiger partial charge in [-0.05, 0) is 44.9 Å². The molecule has 6 heterocycles. The Labute approximate surface area is 507 Å². The van der Waals surface area contributed by atoms with E-state index in [4.69, 9.17) is 61.6 Å². The van der Waals surface area contributed by atoms with E-state index in [9.17, 15) is 0 Å². The smallest absolute Gasteiger partial charge is 0.0564 e. The summed E-state index contributed by atoms with van der Waals surface area (Å²) in [6.07, 6.45) is 33.8. The molecule has 13 heteroatoms. The average Bonchev–Trinajstić information content (AvgIpc) is 3.42. The quantitative estimate of drug-likeness (QED) is 0.0538. The first kappa shape index (κ1) is 79.5. The molecule has 13 nitrogen and oxygen atoms in total. The van der Waals surface area contributed by atoms with Crippen molar-refractivity contribution in [3.8, 4) is 0 Å². The zero-order valence-electron chi connectivity index (χ0n) is 56.4. The van der Waals surface area contributed by atoms with Gasteiger partial charge in [-0.2, -0.15) is 0 Å². The maximum absolute atomic E-state index is 5.69. The lowest BCUT2D eigenvalue weighted by molar-refractivity contribution is -0.138. The molecule has 0 N–H and O–H groups in total. The Balaban J connectivity index is 0.000000495. The normalized spacial score (nSPS) is 19.5. The molecule has 0 atom stereocenters. The van der Waals surface area contributed by atoms with Crippen molar-refractivity contribution in [1.29, 1.82) is 0 Å². The van der Waals surface area contributed by atoms with Crippen molar-refractivity contribution in [2.24, 2.45) is 32.5 Å². The zero-order chi connectivity index (χ0) is 60.3. The SMILES string of the molecule is CCCCCCCCCOCC1(C)COC1.CCCCCCCCOCC1(C)COC1.CCCCCCCOCC1(C)COC1.CCCCCOCC1(C)COC1.CCCOCC1(C)COC1.COCCCCCCOCC1(C)COC1. The fourth-order valence-electron chi connectivity index (χ4n) is 9.47. The van der Waals surface area contributed by atoms with Crippen molar-refractivity contribution < 1.29 is 61.6 Å². The van der Waals surface area contributed by atoms with Crippen LogP contribution in [0.1, 0.15) is 243 Å². The van der Waals surface area contributed by atoms with Gasteiger partial charge in [0.05, 0.1) is 119 Å². The molecule has 0 aliphatic carbocycles. The third-order valence-corrected chi connectivity index (χ3v) is 15.7. The van der Waals surface area contributed by atoms with E-state index in [0.717, 1.165) is 172 Å². The van der Waals surface area contributed by atoms with Gasteiger partial charge in [-0.3, -0.25) is 0 Å². The molecule has 6 saturated heterocycles. The first-order valence-corrected chi connectivity index (χ1v) is 34.0. The van der Waals surface area contributed by atoms with E-state index >= 15 is 0 Å². The summed E-state index contributed by atoms with van der Waals surface area (Å²) in [5.41, 5.74) is 1.92. The summed E-state index contributed by atoms with van der Waals surface area (Å²) < 4.78 is 69.5. The third-order valence-electron chi connectivity index (χ3n) is 15.7. The summed E-state index contributed by atoms with van der Waals surface area (Å²) in [6.45, 7) is 46.5. The maximum Gasteiger partial charge on any atom is 0.0564 e. The van der Waals surface area contributed by atoms with Crippen molar-refractivity contribution in [3.63, 3.8) is 0 Å². The van der Waals surface area contributed by atoms with E-state index in [-0.39, 0.29) is 0 Å². The number of unbranched alkanes of at least 4 members (excludes halogenated alkanes) is 20. The highest BCUT2D eigenvalue weighted by atomic mass is 16.5. The van der Waals surface area contributed by atoms with E-state index < -0.39 is 0 Å². The third kappa shape index (κ3) is 44.0. The molecule has 6 rings (SSSR count). The summed E-state index contributed by atoms with van der Waals surface area (Å²) in [7, 11) is 1.75. The minimum Gasteiger partial charge on any atom is -0.385 e. The molecule has 0 bridgehead atoms. The molecule has 6 aliphatic heterocycles. The van der Waals surface area contributed by atoms with Crippen LogP contribution in [0.3, 0.4) is 0 Å². The number of methoxy groups -OCH3 is 1. The van der Waals surface area contributed by atoms with Gasteiger partial charge in [-0.25, -0.2) is 0 Å². The Kier molecular flexibility index (Phi) is 49.8. The van der Waals surface area contributed by atoms with Gasteiger partial charge >= 0.3 is 0 Å². The van der Waals surface area contributed by atoms with Gasteiger partial charge < -0.3 is 61.6 Å². The predicted molar refractivity (Wildman–Crippen MR) is 339 cm³/mol. The summed E-state index contributed by atoms with van der Waals surface area (Å²) in [4.78, 5) is 0. The molecule has 0 saturated carbocycles. The average molecular weight is 1180 g/mol. The molecule has 0 radical (unpaired) electrons. The summed E-state index contributed by atoms with van der Waals surface area (Å²) in [6, 6.07) is 0. The Bertz CT molecular complexity index is 1310. The number of ether oxygens (including phenoxy) is 13. The molecule has 6 fully saturated rings. The number of hydrogen-bond acceptors (Lipinski definition) is 13. The van der Waals surface area contributed by atoms with Gasteiger partial charge in [0, 0.05) is 85.8 Å². The zero-order valence-corrected chi connectivity index (χ0v) is 56.4. The van der Waals surface area contributed by atoms with Crippen LogP contribution in [-0.4, -0.2) is 172 Å². The van der Waals surface area contributed by atoms with E-state index in [1.54, 1.807) is 7.11 Å². The monoisotopic (exact) mass is 1180 g/mol. The van der Waals surface area contributed by atoms with E-state index in [0.29, 0.717) is 32.5 Å². The van der Waals surface area contributed by atoms with Crippen molar-refractivity contribution >= 4 is 0 Å². The van der Waals surface area contributed by atoms with Crippen molar-refractivity contribution in [3.05, 3.63) is 0 Å². The summed E-state index contributed by atoms with van der Waals surface area (Å²) in [5.74, 6) is 0. The van der Waals surface area contributed by atoms with Crippen LogP contribution in [0, 0.1) is 32.5 Å². The lowest BCUT2D eigenvalue weighted by Crippen LogP contribution is -2.43. The Morgan fingerprint density at radius 2 is 0.390 bits per heavy atom. The molecule has 492 valence electrons. The van der Waals surface area contributed by atoms with Crippen LogP contribution in [0.15, 0.2) is 0 Å². The molecule has 6 aliphatic rings. The maximum atomic E-state index is 5.69. The molecule has 82 heavy (non-hydrogen) atoms. The number of rotatable bonds is 46. The molecule has 0 aromatic heterocycles. The van der Waals surface area contributed by atoms with Gasteiger partial charge in [-0.1, -0.05) is 198 Å². The second-order valence-corrected chi connectivity index (χ2v) is 27.6. The second-order valence-electron chi connectivity index (χ2n) is 27.6. The lowest BCUT2D eigenvalue weighted by Gasteiger charge is -2.37. The molecule has 0 spiro atoms. The van der Waals surface area contributed by atoms with Crippen molar-refractivity contribution in [2.45, 2.75) is 243 Å². The molecule has 0 amide bonds. The van der Waals surface area contributed by atoms with Gasteiger partial charge in [0.15, 0.2) is 0 Å². The first-order valence-electron chi connectivity index (χ1n) is 34.0. The van der Waals surface area contributed by atoms with Crippen LogP contribution >= 0.6 is 0 Å². The van der Waals surface area contributed by atoms with Crippen LogP contribution in [0.4, 0.5) is 0 Å². The highest BCUT2D eigenvalue weighted by Gasteiger charge is 2.37.